The summed E-state index contributed by atoms with van der Waals surface area (Å²) in [4.78, 5) is 0. The third kappa shape index (κ3) is 14.3. The Morgan fingerprint density at radius 1 is 1.00 bits per heavy atom. The molecule has 0 bridgehead atoms. The highest BCUT2D eigenvalue weighted by molar-refractivity contribution is 4.96. The van der Waals surface area contributed by atoms with Gasteiger partial charge in [-0.3, -0.25) is 0 Å². The first kappa shape index (κ1) is 23.6. The zero-order valence-electron chi connectivity index (χ0n) is 15.1. The maximum absolute atomic E-state index is 8.85. The lowest BCUT2D eigenvalue weighted by Crippen LogP contribution is -2.08. The van der Waals surface area contributed by atoms with E-state index in [2.05, 4.69) is 40.3 Å². The summed E-state index contributed by atoms with van der Waals surface area (Å²) in [6.45, 7) is 12.9. The van der Waals surface area contributed by atoms with Gasteiger partial charge in [-0.1, -0.05) is 44.1 Å². The van der Waals surface area contributed by atoms with Crippen LogP contribution in [0.2, 0.25) is 0 Å². The van der Waals surface area contributed by atoms with Crippen LogP contribution in [0.1, 0.15) is 66.2 Å². The summed E-state index contributed by atoms with van der Waals surface area (Å²) < 4.78 is 0. The molecule has 132 valence electrons. The summed E-state index contributed by atoms with van der Waals surface area (Å²) in [6, 6.07) is 0. The molecule has 3 N–H and O–H groups in total. The molecular formula is C19H38O3. The SMILES string of the molecule is C=C(CC)CC(CO)CCO.CC=C(C)CC(CC)CCO. The standard InChI is InChI=1S/C10H20O.C9H18O2/c1-4-9(3)8-10(5-2)6-7-11;1-3-8(2)6-9(7-11)4-5-10/h4,10-11H,5-8H2,1-3H3;9-11H,2-7H2,1H3. The predicted octanol–water partition coefficient (Wildman–Crippen LogP) is 4.08. The normalized spacial score (nSPS) is 14.0. The molecule has 0 amide bonds. The summed E-state index contributed by atoms with van der Waals surface area (Å²) in [5.41, 5.74) is 2.59. The molecule has 2 atom stereocenters. The molecule has 2 unspecified atom stereocenters. The van der Waals surface area contributed by atoms with Crippen LogP contribution in [0.25, 0.3) is 0 Å². The molecule has 0 aliphatic heterocycles. The third-order valence-corrected chi connectivity index (χ3v) is 4.09. The number of hydrogen-bond donors (Lipinski definition) is 3. The van der Waals surface area contributed by atoms with Crippen LogP contribution in [0.5, 0.6) is 0 Å². The Kier molecular flexibility index (Phi) is 18.0. The fraction of sp³-hybridized carbons (Fsp3) is 0.789. The fourth-order valence-electron chi connectivity index (χ4n) is 2.20. The zero-order chi connectivity index (χ0) is 17.4. The number of aliphatic hydroxyl groups is 3. The first-order valence-corrected chi connectivity index (χ1v) is 8.59. The van der Waals surface area contributed by atoms with Crippen LogP contribution in [0.15, 0.2) is 23.8 Å². The fourth-order valence-corrected chi connectivity index (χ4v) is 2.20. The quantitative estimate of drug-likeness (QED) is 0.503. The van der Waals surface area contributed by atoms with Gasteiger partial charge in [0.25, 0.3) is 0 Å². The summed E-state index contributed by atoms with van der Waals surface area (Å²) in [6.07, 6.45) is 7.89. The van der Waals surface area contributed by atoms with Crippen LogP contribution in [-0.4, -0.2) is 35.1 Å². The average molecular weight is 315 g/mol. The van der Waals surface area contributed by atoms with Crippen molar-refractivity contribution in [2.75, 3.05) is 19.8 Å². The molecule has 0 radical (unpaired) electrons. The molecule has 0 aromatic carbocycles. The van der Waals surface area contributed by atoms with Gasteiger partial charge in [-0.25, -0.2) is 0 Å². The van der Waals surface area contributed by atoms with Gasteiger partial charge in [0.1, 0.15) is 0 Å². The third-order valence-electron chi connectivity index (χ3n) is 4.09. The molecule has 0 aromatic rings. The van der Waals surface area contributed by atoms with Crippen molar-refractivity contribution in [3.63, 3.8) is 0 Å². The van der Waals surface area contributed by atoms with Crippen molar-refractivity contribution in [1.29, 1.82) is 0 Å². The molecule has 0 rings (SSSR count). The van der Waals surface area contributed by atoms with E-state index in [0.29, 0.717) is 18.9 Å². The van der Waals surface area contributed by atoms with E-state index >= 15 is 0 Å². The van der Waals surface area contributed by atoms with E-state index in [1.165, 1.54) is 12.0 Å². The minimum Gasteiger partial charge on any atom is -0.396 e. The number of allylic oxidation sites excluding steroid dienone is 3. The van der Waals surface area contributed by atoms with Crippen LogP contribution in [-0.2, 0) is 0 Å². The van der Waals surface area contributed by atoms with Crippen molar-refractivity contribution in [1.82, 2.24) is 0 Å². The Balaban J connectivity index is 0. The van der Waals surface area contributed by atoms with E-state index in [0.717, 1.165) is 31.3 Å². The van der Waals surface area contributed by atoms with E-state index in [1.807, 2.05) is 0 Å². The maximum Gasteiger partial charge on any atom is 0.0463 e. The molecule has 22 heavy (non-hydrogen) atoms. The Bertz CT molecular complexity index is 284. The molecule has 3 heteroatoms. The van der Waals surface area contributed by atoms with Crippen molar-refractivity contribution in [2.24, 2.45) is 11.8 Å². The number of aliphatic hydroxyl groups excluding tert-OH is 3. The molecule has 0 spiro atoms. The van der Waals surface area contributed by atoms with Crippen LogP contribution in [0.3, 0.4) is 0 Å². The zero-order valence-corrected chi connectivity index (χ0v) is 15.1. The van der Waals surface area contributed by atoms with Crippen molar-refractivity contribution >= 4 is 0 Å². The Morgan fingerprint density at radius 3 is 1.91 bits per heavy atom. The van der Waals surface area contributed by atoms with Crippen LogP contribution >= 0.6 is 0 Å². The van der Waals surface area contributed by atoms with Gasteiger partial charge < -0.3 is 15.3 Å². The average Bonchev–Trinajstić information content (AvgIpc) is 2.54. The molecule has 0 aliphatic rings. The second-order valence-corrected chi connectivity index (χ2v) is 5.99. The van der Waals surface area contributed by atoms with Gasteiger partial charge in [0.2, 0.25) is 0 Å². The lowest BCUT2D eigenvalue weighted by atomic mass is 9.95. The second kappa shape index (κ2) is 16.7. The molecule has 0 heterocycles. The van der Waals surface area contributed by atoms with Crippen LogP contribution < -0.4 is 0 Å². The van der Waals surface area contributed by atoms with E-state index in [9.17, 15) is 0 Å². The molecule has 0 saturated carbocycles. The van der Waals surface area contributed by atoms with Crippen LogP contribution in [0, 0.1) is 11.8 Å². The molecule has 0 aliphatic carbocycles. The predicted molar refractivity (Wildman–Crippen MR) is 95.9 cm³/mol. The van der Waals surface area contributed by atoms with Crippen molar-refractivity contribution in [3.8, 4) is 0 Å². The second-order valence-electron chi connectivity index (χ2n) is 5.99. The summed E-state index contributed by atoms with van der Waals surface area (Å²) in [5.74, 6) is 0.878. The lowest BCUT2D eigenvalue weighted by molar-refractivity contribution is 0.182. The van der Waals surface area contributed by atoms with Gasteiger partial charge in [0, 0.05) is 19.8 Å². The van der Waals surface area contributed by atoms with Crippen molar-refractivity contribution in [3.05, 3.63) is 23.8 Å². The highest BCUT2D eigenvalue weighted by Crippen LogP contribution is 2.17. The monoisotopic (exact) mass is 314 g/mol. The molecular weight excluding hydrogens is 276 g/mol. The first-order chi connectivity index (χ1) is 10.5. The van der Waals surface area contributed by atoms with Gasteiger partial charge in [-0.15, -0.1) is 0 Å². The molecule has 0 saturated heterocycles. The van der Waals surface area contributed by atoms with Gasteiger partial charge in [0.15, 0.2) is 0 Å². The van der Waals surface area contributed by atoms with Gasteiger partial charge >= 0.3 is 0 Å². The summed E-state index contributed by atoms with van der Waals surface area (Å²) >= 11 is 0. The Labute approximate surface area is 137 Å². The number of rotatable bonds is 11. The molecule has 0 fully saturated rings. The van der Waals surface area contributed by atoms with E-state index in [-0.39, 0.29) is 19.1 Å². The topological polar surface area (TPSA) is 60.7 Å². The van der Waals surface area contributed by atoms with E-state index in [4.69, 9.17) is 15.3 Å². The van der Waals surface area contributed by atoms with Crippen molar-refractivity contribution < 1.29 is 15.3 Å². The largest absolute Gasteiger partial charge is 0.396 e. The highest BCUT2D eigenvalue weighted by atomic mass is 16.3. The minimum absolute atomic E-state index is 0.152. The molecule has 0 aromatic heterocycles. The van der Waals surface area contributed by atoms with Crippen molar-refractivity contribution in [2.45, 2.75) is 66.2 Å². The smallest absolute Gasteiger partial charge is 0.0463 e. The number of hydrogen-bond acceptors (Lipinski definition) is 3. The van der Waals surface area contributed by atoms with Crippen LogP contribution in [0.4, 0.5) is 0 Å². The summed E-state index contributed by atoms with van der Waals surface area (Å²) in [7, 11) is 0. The first-order valence-electron chi connectivity index (χ1n) is 8.59. The van der Waals surface area contributed by atoms with Gasteiger partial charge in [0.05, 0.1) is 0 Å². The van der Waals surface area contributed by atoms with Gasteiger partial charge in [-0.05, 0) is 57.8 Å². The van der Waals surface area contributed by atoms with E-state index < -0.39 is 0 Å². The Hall–Kier alpha value is -0.640. The van der Waals surface area contributed by atoms with Gasteiger partial charge in [-0.2, -0.15) is 0 Å². The Morgan fingerprint density at radius 2 is 1.55 bits per heavy atom. The summed E-state index contributed by atoms with van der Waals surface area (Å²) in [5, 5.41) is 26.2. The molecule has 3 nitrogen and oxygen atoms in total. The van der Waals surface area contributed by atoms with E-state index in [1.54, 1.807) is 0 Å². The highest BCUT2D eigenvalue weighted by Gasteiger charge is 2.07. The maximum atomic E-state index is 8.85. The lowest BCUT2D eigenvalue weighted by Gasteiger charge is -2.12. The minimum atomic E-state index is 0.152.